The van der Waals surface area contributed by atoms with Crippen molar-refractivity contribution in [3.63, 3.8) is 0 Å². The molecule has 0 saturated heterocycles. The average Bonchev–Trinajstić information content (AvgIpc) is 2.27. The minimum atomic E-state index is -0.279. The Morgan fingerprint density at radius 3 is 2.65 bits per heavy atom. The highest BCUT2D eigenvalue weighted by molar-refractivity contribution is 5.85. The number of nitrogens with two attached hydrogens (primary N) is 1. The van der Waals surface area contributed by atoms with Crippen molar-refractivity contribution in [3.05, 3.63) is 0 Å². The second kappa shape index (κ2) is 8.31. The summed E-state index contributed by atoms with van der Waals surface area (Å²) in [4.78, 5) is 0. The minimum Gasteiger partial charge on any atom is -0.409 e. The average molecular weight is 245 g/mol. The lowest BCUT2D eigenvalue weighted by atomic mass is 9.86. The van der Waals surface area contributed by atoms with Crippen molar-refractivity contribution >= 4 is 5.84 Å². The molecule has 0 rings (SSSR count). The maximum absolute atomic E-state index is 9.50. The molecular weight excluding hydrogens is 218 g/mol. The molecule has 0 aromatic heterocycles. The minimum absolute atomic E-state index is 0.253. The fourth-order valence-corrected chi connectivity index (χ4v) is 1.62. The molecule has 17 heavy (non-hydrogen) atoms. The predicted molar refractivity (Wildman–Crippen MR) is 70.2 cm³/mol. The zero-order chi connectivity index (χ0) is 13.3. The molecule has 0 aromatic carbocycles. The van der Waals surface area contributed by atoms with Gasteiger partial charge in [0, 0.05) is 12.0 Å². The topological polar surface area (TPSA) is 90.9 Å². The van der Waals surface area contributed by atoms with Gasteiger partial charge in [-0.15, -0.1) is 0 Å². The van der Waals surface area contributed by atoms with Crippen LogP contribution in [0.1, 0.15) is 46.5 Å². The molecule has 0 fully saturated rings. The van der Waals surface area contributed by atoms with Crippen molar-refractivity contribution in [2.75, 3.05) is 13.1 Å². The second-order valence-electron chi connectivity index (χ2n) is 5.12. The third-order valence-corrected chi connectivity index (χ3v) is 2.96. The summed E-state index contributed by atoms with van der Waals surface area (Å²) in [5.74, 6) is 0.267. The monoisotopic (exact) mass is 245 g/mol. The Hall–Kier alpha value is -0.810. The molecule has 0 bridgehead atoms. The maximum atomic E-state index is 9.50. The molecule has 5 nitrogen and oxygen atoms in total. The molecule has 0 aromatic rings. The van der Waals surface area contributed by atoms with Crippen LogP contribution in [-0.4, -0.2) is 35.3 Å². The lowest BCUT2D eigenvalue weighted by Crippen LogP contribution is -2.33. The summed E-state index contributed by atoms with van der Waals surface area (Å²) in [6, 6.07) is 0. The summed E-state index contributed by atoms with van der Waals surface area (Å²) in [7, 11) is 0. The summed E-state index contributed by atoms with van der Waals surface area (Å²) < 4.78 is 0. The van der Waals surface area contributed by atoms with Crippen LogP contribution in [0.3, 0.4) is 0 Å². The number of hydrogen-bond donors (Lipinski definition) is 4. The molecule has 102 valence electrons. The van der Waals surface area contributed by atoms with Crippen molar-refractivity contribution in [3.8, 4) is 0 Å². The van der Waals surface area contributed by atoms with Crippen LogP contribution < -0.4 is 11.1 Å². The van der Waals surface area contributed by atoms with E-state index in [1.165, 1.54) is 0 Å². The summed E-state index contributed by atoms with van der Waals surface area (Å²) in [6.45, 7) is 7.44. The van der Waals surface area contributed by atoms with E-state index in [1.54, 1.807) is 0 Å². The summed E-state index contributed by atoms with van der Waals surface area (Å²) in [6.07, 6.45) is 3.36. The molecule has 1 atom stereocenters. The quantitative estimate of drug-likeness (QED) is 0.162. The third-order valence-electron chi connectivity index (χ3n) is 2.96. The van der Waals surface area contributed by atoms with Crippen LogP contribution in [0.4, 0.5) is 0 Å². The van der Waals surface area contributed by atoms with Crippen molar-refractivity contribution < 1.29 is 10.3 Å². The summed E-state index contributed by atoms with van der Waals surface area (Å²) in [5, 5.41) is 24.4. The molecule has 1 unspecified atom stereocenters. The lowest BCUT2D eigenvalue weighted by molar-refractivity contribution is 0.160. The molecule has 0 aliphatic heterocycles. The van der Waals surface area contributed by atoms with Crippen molar-refractivity contribution in [2.45, 2.75) is 52.6 Å². The van der Waals surface area contributed by atoms with E-state index in [4.69, 9.17) is 10.9 Å². The number of hydrogen-bond acceptors (Lipinski definition) is 4. The van der Waals surface area contributed by atoms with Crippen molar-refractivity contribution in [1.82, 2.24) is 5.32 Å². The molecule has 0 saturated carbocycles. The van der Waals surface area contributed by atoms with E-state index in [0.717, 1.165) is 32.2 Å². The van der Waals surface area contributed by atoms with Crippen LogP contribution in [0, 0.1) is 5.41 Å². The number of rotatable bonds is 9. The predicted octanol–water partition coefficient (Wildman–Crippen LogP) is 1.29. The van der Waals surface area contributed by atoms with E-state index in [9.17, 15) is 5.11 Å². The van der Waals surface area contributed by atoms with Gasteiger partial charge in [0.05, 0.1) is 6.10 Å². The zero-order valence-electron chi connectivity index (χ0n) is 11.2. The van der Waals surface area contributed by atoms with Crippen molar-refractivity contribution in [1.29, 1.82) is 0 Å². The molecule has 0 aliphatic carbocycles. The Bertz CT molecular complexity index is 230. The molecule has 0 radical (unpaired) electrons. The number of aliphatic hydroxyl groups is 1. The van der Waals surface area contributed by atoms with Gasteiger partial charge in [-0.1, -0.05) is 32.3 Å². The Morgan fingerprint density at radius 2 is 2.12 bits per heavy atom. The van der Waals surface area contributed by atoms with Crippen LogP contribution >= 0.6 is 0 Å². The van der Waals surface area contributed by atoms with Gasteiger partial charge < -0.3 is 21.4 Å². The number of amidine groups is 1. The van der Waals surface area contributed by atoms with E-state index >= 15 is 0 Å². The first-order chi connectivity index (χ1) is 7.94. The highest BCUT2D eigenvalue weighted by atomic mass is 16.4. The number of nitrogens with zero attached hydrogens (tertiary/aromatic N) is 1. The van der Waals surface area contributed by atoms with E-state index in [-0.39, 0.29) is 17.4 Å². The standard InChI is InChI=1S/C12H27N3O2/c1-4-6-10(16)9-14-8-5-7-12(2,3)11(13)15-17/h10,14,16-17H,4-9H2,1-3H3,(H2,13,15). The normalized spacial score (nSPS) is 14.9. The number of nitrogens with one attached hydrogen (secondary N) is 1. The first-order valence-electron chi connectivity index (χ1n) is 6.30. The third kappa shape index (κ3) is 7.18. The van der Waals surface area contributed by atoms with E-state index in [1.807, 2.05) is 13.8 Å². The molecule has 0 heterocycles. The zero-order valence-corrected chi connectivity index (χ0v) is 11.2. The van der Waals surface area contributed by atoms with Crippen LogP contribution in [0.5, 0.6) is 0 Å². The smallest absolute Gasteiger partial charge is 0.144 e. The highest BCUT2D eigenvalue weighted by Crippen LogP contribution is 2.21. The molecule has 5 heteroatoms. The highest BCUT2D eigenvalue weighted by Gasteiger charge is 2.22. The van der Waals surface area contributed by atoms with Gasteiger partial charge in [0.2, 0.25) is 0 Å². The van der Waals surface area contributed by atoms with Crippen LogP contribution in [0.2, 0.25) is 0 Å². The summed E-state index contributed by atoms with van der Waals surface area (Å²) in [5.41, 5.74) is 5.31. The fraction of sp³-hybridized carbons (Fsp3) is 0.917. The molecule has 5 N–H and O–H groups in total. The Kier molecular flexibility index (Phi) is 7.91. The second-order valence-corrected chi connectivity index (χ2v) is 5.12. The number of oxime groups is 1. The van der Waals surface area contributed by atoms with Crippen LogP contribution in [-0.2, 0) is 0 Å². The molecule has 0 spiro atoms. The van der Waals surface area contributed by atoms with Gasteiger partial charge in [-0.25, -0.2) is 0 Å². The van der Waals surface area contributed by atoms with Crippen molar-refractivity contribution in [2.24, 2.45) is 16.3 Å². The van der Waals surface area contributed by atoms with Gasteiger partial charge in [-0.3, -0.25) is 0 Å². The molecule has 0 amide bonds. The van der Waals surface area contributed by atoms with E-state index in [0.29, 0.717) is 6.54 Å². The van der Waals surface area contributed by atoms with E-state index in [2.05, 4.69) is 17.4 Å². The van der Waals surface area contributed by atoms with Gasteiger partial charge in [-0.05, 0) is 25.8 Å². The van der Waals surface area contributed by atoms with E-state index < -0.39 is 0 Å². The summed E-state index contributed by atoms with van der Waals surface area (Å²) >= 11 is 0. The van der Waals surface area contributed by atoms with Crippen LogP contribution in [0.25, 0.3) is 0 Å². The largest absolute Gasteiger partial charge is 0.409 e. The SMILES string of the molecule is CCCC(O)CNCCCC(C)(C)C(N)=NO. The lowest BCUT2D eigenvalue weighted by Gasteiger charge is -2.22. The Balaban J connectivity index is 3.64. The van der Waals surface area contributed by atoms with Gasteiger partial charge in [0.15, 0.2) is 0 Å². The molecular formula is C12H27N3O2. The number of aliphatic hydroxyl groups excluding tert-OH is 1. The van der Waals surface area contributed by atoms with Gasteiger partial charge >= 0.3 is 0 Å². The van der Waals surface area contributed by atoms with Gasteiger partial charge in [0.25, 0.3) is 0 Å². The maximum Gasteiger partial charge on any atom is 0.144 e. The first-order valence-corrected chi connectivity index (χ1v) is 6.30. The fourth-order valence-electron chi connectivity index (χ4n) is 1.62. The van der Waals surface area contributed by atoms with Gasteiger partial charge in [-0.2, -0.15) is 0 Å². The van der Waals surface area contributed by atoms with Gasteiger partial charge in [0.1, 0.15) is 5.84 Å². The Morgan fingerprint density at radius 1 is 1.47 bits per heavy atom. The Labute approximate surface area is 104 Å². The molecule has 0 aliphatic rings. The van der Waals surface area contributed by atoms with Crippen LogP contribution in [0.15, 0.2) is 5.16 Å². The first kappa shape index (κ1) is 16.2.